The van der Waals surface area contributed by atoms with Gasteiger partial charge in [-0.05, 0) is 36.4 Å². The lowest BCUT2D eigenvalue weighted by atomic mass is 10.1. The van der Waals surface area contributed by atoms with E-state index in [1.54, 1.807) is 11.3 Å². The summed E-state index contributed by atoms with van der Waals surface area (Å²) < 4.78 is 7.46. The zero-order chi connectivity index (χ0) is 14.7. The van der Waals surface area contributed by atoms with E-state index in [9.17, 15) is 0 Å². The van der Waals surface area contributed by atoms with Crippen LogP contribution in [0.5, 0.6) is 5.75 Å². The van der Waals surface area contributed by atoms with E-state index in [2.05, 4.69) is 60.1 Å². The first-order valence-corrected chi connectivity index (χ1v) is 7.98. The first-order valence-electron chi connectivity index (χ1n) is 7.10. The third kappa shape index (κ3) is 2.94. The van der Waals surface area contributed by atoms with E-state index in [1.165, 1.54) is 26.8 Å². The highest BCUT2D eigenvalue weighted by atomic mass is 32.1. The van der Waals surface area contributed by atoms with Gasteiger partial charge in [0.25, 0.3) is 0 Å². The van der Waals surface area contributed by atoms with Crippen LogP contribution in [0.1, 0.15) is 16.7 Å². The number of rotatable bonds is 5. The number of ether oxygens (including phenoxy) is 1. The molecule has 2 nitrogen and oxygen atoms in total. The molecule has 1 aromatic heterocycles. The SMILES string of the molecule is CNCc1cccc(C)c1OCc1csc2ccccc12. The molecule has 0 atom stereocenters. The summed E-state index contributed by atoms with van der Waals surface area (Å²) in [5.74, 6) is 1.00. The highest BCUT2D eigenvalue weighted by Gasteiger charge is 2.09. The maximum atomic E-state index is 6.14. The number of aryl methyl sites for hydroxylation is 1. The monoisotopic (exact) mass is 297 g/mol. The fraction of sp³-hybridized carbons (Fsp3) is 0.222. The van der Waals surface area contributed by atoms with Crippen molar-refractivity contribution in [1.82, 2.24) is 5.32 Å². The Hall–Kier alpha value is -1.84. The van der Waals surface area contributed by atoms with Gasteiger partial charge < -0.3 is 10.1 Å². The molecule has 3 aromatic rings. The molecule has 0 spiro atoms. The molecule has 1 heterocycles. The van der Waals surface area contributed by atoms with Gasteiger partial charge in [-0.2, -0.15) is 0 Å². The van der Waals surface area contributed by atoms with Crippen LogP contribution in [0.2, 0.25) is 0 Å². The van der Waals surface area contributed by atoms with Crippen molar-refractivity contribution in [2.24, 2.45) is 0 Å². The van der Waals surface area contributed by atoms with Crippen LogP contribution >= 0.6 is 11.3 Å². The summed E-state index contributed by atoms with van der Waals surface area (Å²) in [5, 5.41) is 6.69. The average Bonchev–Trinajstić information content (AvgIpc) is 2.90. The number of hydrogen-bond acceptors (Lipinski definition) is 3. The molecule has 1 N–H and O–H groups in total. The van der Waals surface area contributed by atoms with E-state index in [1.807, 2.05) is 7.05 Å². The first-order chi connectivity index (χ1) is 10.3. The second-order valence-electron chi connectivity index (χ2n) is 5.14. The van der Waals surface area contributed by atoms with Gasteiger partial charge in [0.1, 0.15) is 12.4 Å². The summed E-state index contributed by atoms with van der Waals surface area (Å²) in [5.41, 5.74) is 3.65. The Morgan fingerprint density at radius 3 is 2.76 bits per heavy atom. The molecular formula is C18H19NOS. The zero-order valence-electron chi connectivity index (χ0n) is 12.3. The summed E-state index contributed by atoms with van der Waals surface area (Å²) in [6.07, 6.45) is 0. The van der Waals surface area contributed by atoms with Gasteiger partial charge in [0, 0.05) is 22.4 Å². The van der Waals surface area contributed by atoms with E-state index in [4.69, 9.17) is 4.74 Å². The van der Waals surface area contributed by atoms with Crippen LogP contribution in [0.3, 0.4) is 0 Å². The molecule has 0 saturated carbocycles. The van der Waals surface area contributed by atoms with Crippen LogP contribution in [0.25, 0.3) is 10.1 Å². The summed E-state index contributed by atoms with van der Waals surface area (Å²) in [7, 11) is 1.96. The maximum Gasteiger partial charge on any atom is 0.127 e. The van der Waals surface area contributed by atoms with E-state index in [0.717, 1.165) is 12.3 Å². The van der Waals surface area contributed by atoms with E-state index < -0.39 is 0 Å². The Kier molecular flexibility index (Phi) is 4.23. The zero-order valence-corrected chi connectivity index (χ0v) is 13.2. The summed E-state index contributed by atoms with van der Waals surface area (Å²) in [6.45, 7) is 3.53. The van der Waals surface area contributed by atoms with Crippen LogP contribution in [0.4, 0.5) is 0 Å². The number of benzene rings is 2. The van der Waals surface area contributed by atoms with Crippen molar-refractivity contribution in [3.63, 3.8) is 0 Å². The van der Waals surface area contributed by atoms with Gasteiger partial charge in [0.05, 0.1) is 0 Å². The normalized spacial score (nSPS) is 11.0. The molecule has 0 aliphatic heterocycles. The highest BCUT2D eigenvalue weighted by Crippen LogP contribution is 2.29. The van der Waals surface area contributed by atoms with E-state index >= 15 is 0 Å². The van der Waals surface area contributed by atoms with Gasteiger partial charge in [0.15, 0.2) is 0 Å². The molecule has 0 amide bonds. The second kappa shape index (κ2) is 6.29. The topological polar surface area (TPSA) is 21.3 Å². The van der Waals surface area contributed by atoms with Crippen molar-refractivity contribution < 1.29 is 4.74 Å². The Morgan fingerprint density at radius 1 is 1.05 bits per heavy atom. The fourth-order valence-electron chi connectivity index (χ4n) is 2.54. The van der Waals surface area contributed by atoms with Gasteiger partial charge in [0.2, 0.25) is 0 Å². The molecule has 0 fully saturated rings. The summed E-state index contributed by atoms with van der Waals surface area (Å²) in [4.78, 5) is 0. The quantitative estimate of drug-likeness (QED) is 0.748. The number of para-hydroxylation sites is 1. The smallest absolute Gasteiger partial charge is 0.127 e. The van der Waals surface area contributed by atoms with Crippen molar-refractivity contribution in [2.45, 2.75) is 20.1 Å². The average molecular weight is 297 g/mol. The van der Waals surface area contributed by atoms with Crippen LogP contribution in [-0.2, 0) is 13.2 Å². The molecule has 0 bridgehead atoms. The maximum absolute atomic E-state index is 6.14. The molecular weight excluding hydrogens is 278 g/mol. The summed E-state index contributed by atoms with van der Waals surface area (Å²) >= 11 is 1.78. The molecule has 0 radical (unpaired) electrons. The van der Waals surface area contributed by atoms with Crippen LogP contribution in [-0.4, -0.2) is 7.05 Å². The lowest BCUT2D eigenvalue weighted by molar-refractivity contribution is 0.302. The molecule has 0 unspecified atom stereocenters. The molecule has 2 aromatic carbocycles. The van der Waals surface area contributed by atoms with Crippen molar-refractivity contribution in [2.75, 3.05) is 7.05 Å². The third-order valence-electron chi connectivity index (χ3n) is 3.59. The molecule has 0 saturated heterocycles. The fourth-order valence-corrected chi connectivity index (χ4v) is 3.49. The molecule has 3 heteroatoms. The van der Waals surface area contributed by atoms with Gasteiger partial charge in [-0.1, -0.05) is 36.4 Å². The highest BCUT2D eigenvalue weighted by molar-refractivity contribution is 7.17. The Labute approximate surface area is 129 Å². The predicted molar refractivity (Wildman–Crippen MR) is 90.1 cm³/mol. The molecule has 0 aliphatic rings. The third-order valence-corrected chi connectivity index (χ3v) is 4.61. The molecule has 21 heavy (non-hydrogen) atoms. The van der Waals surface area contributed by atoms with Crippen molar-refractivity contribution in [3.05, 3.63) is 64.5 Å². The lowest BCUT2D eigenvalue weighted by Gasteiger charge is -2.13. The Balaban J connectivity index is 1.85. The van der Waals surface area contributed by atoms with Crippen molar-refractivity contribution >= 4 is 21.4 Å². The minimum absolute atomic E-state index is 0.617. The van der Waals surface area contributed by atoms with Crippen molar-refractivity contribution in [1.29, 1.82) is 0 Å². The van der Waals surface area contributed by atoms with Gasteiger partial charge in [-0.15, -0.1) is 11.3 Å². The minimum Gasteiger partial charge on any atom is -0.488 e. The van der Waals surface area contributed by atoms with Crippen molar-refractivity contribution in [3.8, 4) is 5.75 Å². The van der Waals surface area contributed by atoms with E-state index in [0.29, 0.717) is 6.61 Å². The molecule has 0 aliphatic carbocycles. The van der Waals surface area contributed by atoms with Gasteiger partial charge in [-0.25, -0.2) is 0 Å². The molecule has 108 valence electrons. The predicted octanol–water partition coefficient (Wildman–Crippen LogP) is 4.51. The van der Waals surface area contributed by atoms with Crippen LogP contribution < -0.4 is 10.1 Å². The molecule has 3 rings (SSSR count). The number of hydrogen-bond donors (Lipinski definition) is 1. The largest absolute Gasteiger partial charge is 0.488 e. The first kappa shape index (κ1) is 14.1. The van der Waals surface area contributed by atoms with Gasteiger partial charge >= 0.3 is 0 Å². The minimum atomic E-state index is 0.617. The standard InChI is InChI=1S/C18H19NOS/c1-13-6-5-7-14(10-19-2)18(13)20-11-15-12-21-17-9-4-3-8-16(15)17/h3-9,12,19H,10-11H2,1-2H3. The Morgan fingerprint density at radius 2 is 1.90 bits per heavy atom. The number of nitrogens with one attached hydrogen (secondary N) is 1. The van der Waals surface area contributed by atoms with Gasteiger partial charge in [-0.3, -0.25) is 0 Å². The van der Waals surface area contributed by atoms with Crippen LogP contribution in [0, 0.1) is 6.92 Å². The van der Waals surface area contributed by atoms with E-state index in [-0.39, 0.29) is 0 Å². The number of fused-ring (bicyclic) bond motifs is 1. The lowest BCUT2D eigenvalue weighted by Crippen LogP contribution is -2.08. The Bertz CT molecular complexity index is 748. The van der Waals surface area contributed by atoms with Crippen LogP contribution in [0.15, 0.2) is 47.8 Å². The number of thiophene rings is 1. The second-order valence-corrected chi connectivity index (χ2v) is 6.05. The summed E-state index contributed by atoms with van der Waals surface area (Å²) in [6, 6.07) is 14.8.